The fourth-order valence-electron chi connectivity index (χ4n) is 4.52. The highest BCUT2D eigenvalue weighted by molar-refractivity contribution is 5.85. The van der Waals surface area contributed by atoms with E-state index in [0.29, 0.717) is 18.1 Å². The number of methoxy groups -OCH3 is 1. The molecule has 1 saturated heterocycles. The molecule has 1 aliphatic heterocycles. The summed E-state index contributed by atoms with van der Waals surface area (Å²) in [5.41, 5.74) is 2.62. The second kappa shape index (κ2) is 8.22. The van der Waals surface area contributed by atoms with Crippen molar-refractivity contribution < 1.29 is 4.74 Å². The van der Waals surface area contributed by atoms with Crippen LogP contribution in [-0.4, -0.2) is 19.2 Å². The lowest BCUT2D eigenvalue weighted by atomic mass is 9.91. The normalized spacial score (nSPS) is 27.6. The standard InChI is InChI=1S/C21H26N2O.ClH/c1-24-19-13-6-5-10-16(19)14-22-21-17-11-7-12-18(17)23-20(21)15-8-3-2-4-9-15;/h2-6,8-10,13,17-18,20-23H,7,11-12,14H2,1H3;1H. The second-order valence-corrected chi connectivity index (χ2v) is 6.97. The highest BCUT2D eigenvalue weighted by Gasteiger charge is 2.45. The summed E-state index contributed by atoms with van der Waals surface area (Å²) in [4.78, 5) is 0. The summed E-state index contributed by atoms with van der Waals surface area (Å²) in [5.74, 6) is 1.69. The van der Waals surface area contributed by atoms with Gasteiger partial charge in [-0.2, -0.15) is 0 Å². The van der Waals surface area contributed by atoms with E-state index in [-0.39, 0.29) is 12.4 Å². The average Bonchev–Trinajstić information content (AvgIpc) is 3.22. The second-order valence-electron chi connectivity index (χ2n) is 6.97. The summed E-state index contributed by atoms with van der Waals surface area (Å²) in [6.45, 7) is 0.850. The van der Waals surface area contributed by atoms with E-state index >= 15 is 0 Å². The zero-order valence-electron chi connectivity index (χ0n) is 14.7. The largest absolute Gasteiger partial charge is 0.496 e. The summed E-state index contributed by atoms with van der Waals surface area (Å²) >= 11 is 0. The Morgan fingerprint density at radius 2 is 1.80 bits per heavy atom. The zero-order chi connectivity index (χ0) is 16.4. The Morgan fingerprint density at radius 3 is 2.60 bits per heavy atom. The SMILES string of the molecule is COc1ccccc1CNC1C(c2ccccc2)NC2CCCC21.Cl. The fraction of sp³-hybridized carbons (Fsp3) is 0.429. The molecule has 134 valence electrons. The molecule has 1 heterocycles. The number of halogens is 1. The van der Waals surface area contributed by atoms with Gasteiger partial charge in [0.05, 0.1) is 7.11 Å². The maximum absolute atomic E-state index is 5.50. The Labute approximate surface area is 156 Å². The van der Waals surface area contributed by atoms with Crippen LogP contribution in [0.5, 0.6) is 5.75 Å². The molecule has 25 heavy (non-hydrogen) atoms. The van der Waals surface area contributed by atoms with E-state index in [0.717, 1.165) is 18.2 Å². The number of benzene rings is 2. The van der Waals surface area contributed by atoms with E-state index in [4.69, 9.17) is 4.74 Å². The molecule has 2 aromatic rings. The molecule has 3 nitrogen and oxygen atoms in total. The average molecular weight is 359 g/mol. The first kappa shape index (κ1) is 18.2. The molecule has 0 bridgehead atoms. The molecule has 4 rings (SSSR count). The van der Waals surface area contributed by atoms with Crippen LogP contribution in [0, 0.1) is 5.92 Å². The Morgan fingerprint density at radius 1 is 1.04 bits per heavy atom. The molecule has 2 fully saturated rings. The first-order chi connectivity index (χ1) is 11.9. The van der Waals surface area contributed by atoms with E-state index in [1.54, 1.807) is 7.11 Å². The monoisotopic (exact) mass is 358 g/mol. The summed E-state index contributed by atoms with van der Waals surface area (Å²) in [6, 6.07) is 20.7. The number of fused-ring (bicyclic) bond motifs is 1. The number of hydrogen-bond donors (Lipinski definition) is 2. The zero-order valence-corrected chi connectivity index (χ0v) is 15.5. The lowest BCUT2D eigenvalue weighted by Crippen LogP contribution is -2.37. The van der Waals surface area contributed by atoms with Gasteiger partial charge in [0.1, 0.15) is 5.75 Å². The van der Waals surface area contributed by atoms with Gasteiger partial charge >= 0.3 is 0 Å². The van der Waals surface area contributed by atoms with Crippen LogP contribution in [0.4, 0.5) is 0 Å². The van der Waals surface area contributed by atoms with Crippen molar-refractivity contribution in [3.05, 3.63) is 65.7 Å². The molecule has 0 radical (unpaired) electrons. The Balaban J connectivity index is 0.00000182. The van der Waals surface area contributed by atoms with Crippen molar-refractivity contribution in [2.24, 2.45) is 5.92 Å². The lowest BCUT2D eigenvalue weighted by molar-refractivity contribution is 0.365. The van der Waals surface area contributed by atoms with Crippen molar-refractivity contribution in [3.63, 3.8) is 0 Å². The van der Waals surface area contributed by atoms with E-state index in [1.807, 2.05) is 12.1 Å². The van der Waals surface area contributed by atoms with Gasteiger partial charge in [0, 0.05) is 30.2 Å². The van der Waals surface area contributed by atoms with Gasteiger partial charge in [0.15, 0.2) is 0 Å². The summed E-state index contributed by atoms with van der Waals surface area (Å²) in [7, 11) is 1.75. The van der Waals surface area contributed by atoms with Crippen LogP contribution in [0.25, 0.3) is 0 Å². The number of hydrogen-bond acceptors (Lipinski definition) is 3. The smallest absolute Gasteiger partial charge is 0.123 e. The van der Waals surface area contributed by atoms with Gasteiger partial charge in [-0.15, -0.1) is 12.4 Å². The Bertz CT molecular complexity index is 679. The van der Waals surface area contributed by atoms with Crippen LogP contribution < -0.4 is 15.4 Å². The van der Waals surface area contributed by atoms with Crippen molar-refractivity contribution in [2.45, 2.75) is 43.9 Å². The van der Waals surface area contributed by atoms with Crippen LogP contribution in [0.15, 0.2) is 54.6 Å². The number of rotatable bonds is 5. The van der Waals surface area contributed by atoms with Crippen LogP contribution in [-0.2, 0) is 6.54 Å². The molecular weight excluding hydrogens is 332 g/mol. The molecule has 0 amide bonds. The predicted octanol–water partition coefficient (Wildman–Crippen LogP) is 4.09. The highest BCUT2D eigenvalue weighted by Crippen LogP contribution is 2.41. The van der Waals surface area contributed by atoms with E-state index in [2.05, 4.69) is 53.1 Å². The van der Waals surface area contributed by atoms with Gasteiger partial charge < -0.3 is 15.4 Å². The molecule has 4 atom stereocenters. The van der Waals surface area contributed by atoms with Crippen LogP contribution in [0.3, 0.4) is 0 Å². The third kappa shape index (κ3) is 3.69. The predicted molar refractivity (Wildman–Crippen MR) is 104 cm³/mol. The molecule has 1 aliphatic carbocycles. The van der Waals surface area contributed by atoms with Crippen molar-refractivity contribution in [3.8, 4) is 5.75 Å². The Hall–Kier alpha value is -1.55. The fourth-order valence-corrected chi connectivity index (χ4v) is 4.52. The highest BCUT2D eigenvalue weighted by atomic mass is 35.5. The summed E-state index contributed by atoms with van der Waals surface area (Å²) in [6.07, 6.45) is 3.97. The van der Waals surface area contributed by atoms with Crippen LogP contribution in [0.1, 0.15) is 36.4 Å². The number of para-hydroxylation sites is 1. The molecule has 2 N–H and O–H groups in total. The van der Waals surface area contributed by atoms with Gasteiger partial charge in [-0.05, 0) is 30.4 Å². The van der Waals surface area contributed by atoms with Crippen molar-refractivity contribution in [1.29, 1.82) is 0 Å². The molecule has 0 aromatic heterocycles. The minimum atomic E-state index is 0. The molecule has 4 heteroatoms. The van der Waals surface area contributed by atoms with Crippen molar-refractivity contribution >= 4 is 12.4 Å². The van der Waals surface area contributed by atoms with Crippen LogP contribution >= 0.6 is 12.4 Å². The van der Waals surface area contributed by atoms with Gasteiger partial charge in [0.25, 0.3) is 0 Å². The Kier molecular flexibility index (Phi) is 6.00. The molecule has 1 saturated carbocycles. The molecule has 2 aromatic carbocycles. The first-order valence-corrected chi connectivity index (χ1v) is 9.03. The van der Waals surface area contributed by atoms with Gasteiger partial charge in [-0.25, -0.2) is 0 Å². The minimum Gasteiger partial charge on any atom is -0.496 e. The van der Waals surface area contributed by atoms with Gasteiger partial charge in [-0.1, -0.05) is 55.0 Å². The molecular formula is C21H27ClN2O. The third-order valence-corrected chi connectivity index (χ3v) is 5.66. The molecule has 0 spiro atoms. The maximum atomic E-state index is 5.50. The maximum Gasteiger partial charge on any atom is 0.123 e. The van der Waals surface area contributed by atoms with Crippen LogP contribution in [0.2, 0.25) is 0 Å². The van der Waals surface area contributed by atoms with Crippen molar-refractivity contribution in [2.75, 3.05) is 7.11 Å². The van der Waals surface area contributed by atoms with E-state index in [9.17, 15) is 0 Å². The quantitative estimate of drug-likeness (QED) is 0.844. The number of nitrogens with one attached hydrogen (secondary N) is 2. The van der Waals surface area contributed by atoms with Gasteiger partial charge in [0.2, 0.25) is 0 Å². The summed E-state index contributed by atoms with van der Waals surface area (Å²) < 4.78 is 5.50. The lowest BCUT2D eigenvalue weighted by Gasteiger charge is -2.25. The first-order valence-electron chi connectivity index (χ1n) is 9.03. The third-order valence-electron chi connectivity index (χ3n) is 5.66. The minimum absolute atomic E-state index is 0. The van der Waals surface area contributed by atoms with Gasteiger partial charge in [-0.3, -0.25) is 0 Å². The summed E-state index contributed by atoms with van der Waals surface area (Å²) in [5, 5.41) is 7.74. The molecule has 2 aliphatic rings. The molecule has 4 unspecified atom stereocenters. The van der Waals surface area contributed by atoms with E-state index in [1.165, 1.54) is 30.4 Å². The van der Waals surface area contributed by atoms with Crippen molar-refractivity contribution in [1.82, 2.24) is 10.6 Å². The van der Waals surface area contributed by atoms with E-state index < -0.39 is 0 Å². The topological polar surface area (TPSA) is 33.3 Å². The number of ether oxygens (including phenoxy) is 1.